The highest BCUT2D eigenvalue weighted by atomic mass is 19.1. The van der Waals surface area contributed by atoms with Gasteiger partial charge in [0.25, 0.3) is 0 Å². The number of aliphatic hydroxyl groups is 1. The molecule has 2 aromatic rings. The first-order valence-electron chi connectivity index (χ1n) is 7.87. The van der Waals surface area contributed by atoms with Gasteiger partial charge in [-0.3, -0.25) is 0 Å². The van der Waals surface area contributed by atoms with Gasteiger partial charge >= 0.3 is 6.09 Å². The van der Waals surface area contributed by atoms with Gasteiger partial charge in [0.2, 0.25) is 5.95 Å². The van der Waals surface area contributed by atoms with Gasteiger partial charge in [-0.1, -0.05) is 36.4 Å². The van der Waals surface area contributed by atoms with E-state index >= 15 is 0 Å². The lowest BCUT2D eigenvalue weighted by Crippen LogP contribution is -2.45. The van der Waals surface area contributed by atoms with Crippen molar-refractivity contribution in [3.63, 3.8) is 0 Å². The van der Waals surface area contributed by atoms with E-state index in [0.29, 0.717) is 13.1 Å². The largest absolute Gasteiger partial charge is 0.445 e. The molecule has 1 N–H and O–H groups in total. The van der Waals surface area contributed by atoms with E-state index in [1.165, 1.54) is 17.2 Å². The number of carbonyl (C=O) groups excluding carboxylic acids is 1. The molecule has 0 aliphatic carbocycles. The maximum absolute atomic E-state index is 13.8. The van der Waals surface area contributed by atoms with E-state index in [2.05, 4.69) is 4.98 Å². The number of hydrogen-bond donors (Lipinski definition) is 1. The van der Waals surface area contributed by atoms with E-state index in [4.69, 9.17) is 4.74 Å². The van der Waals surface area contributed by atoms with Gasteiger partial charge in [-0.2, -0.15) is 4.39 Å². The zero-order chi connectivity index (χ0) is 17.0. The molecule has 0 spiro atoms. The summed E-state index contributed by atoms with van der Waals surface area (Å²) < 4.78 is 19.1. The number of rotatable bonds is 3. The maximum atomic E-state index is 13.8. The van der Waals surface area contributed by atoms with Crippen molar-refractivity contribution in [2.75, 3.05) is 13.1 Å². The number of hydrogen-bond acceptors (Lipinski definition) is 4. The molecule has 5 nitrogen and oxygen atoms in total. The molecule has 0 unspecified atom stereocenters. The third-order valence-corrected chi connectivity index (χ3v) is 4.31. The van der Waals surface area contributed by atoms with Crippen molar-refractivity contribution in [1.82, 2.24) is 9.88 Å². The predicted molar refractivity (Wildman–Crippen MR) is 85.5 cm³/mol. The first kappa shape index (κ1) is 16.4. The SMILES string of the molecule is O=C(OCc1ccccc1)N1CCC(O)(c2cccnc2F)CC1. The molecule has 1 amide bonds. The molecule has 0 atom stereocenters. The smallest absolute Gasteiger partial charge is 0.410 e. The Balaban J connectivity index is 1.56. The summed E-state index contributed by atoms with van der Waals surface area (Å²) in [6.07, 6.45) is 1.41. The minimum atomic E-state index is -1.30. The number of amides is 1. The molecular formula is C18H19FN2O3. The molecule has 2 heterocycles. The summed E-state index contributed by atoms with van der Waals surface area (Å²) in [5.41, 5.74) is -0.201. The lowest BCUT2D eigenvalue weighted by molar-refractivity contribution is -0.0283. The molecule has 3 rings (SSSR count). The molecule has 1 aromatic carbocycles. The van der Waals surface area contributed by atoms with Crippen molar-refractivity contribution in [2.45, 2.75) is 25.0 Å². The number of halogens is 1. The molecule has 0 radical (unpaired) electrons. The van der Waals surface area contributed by atoms with Crippen LogP contribution < -0.4 is 0 Å². The van der Waals surface area contributed by atoms with Crippen LogP contribution in [0.5, 0.6) is 0 Å². The van der Waals surface area contributed by atoms with Crippen LogP contribution in [0.25, 0.3) is 0 Å². The second-order valence-corrected chi connectivity index (χ2v) is 5.90. The predicted octanol–water partition coefficient (Wildman–Crippen LogP) is 2.84. The summed E-state index contributed by atoms with van der Waals surface area (Å²) in [6.45, 7) is 0.814. The van der Waals surface area contributed by atoms with Gasteiger partial charge in [0.15, 0.2) is 0 Å². The number of benzene rings is 1. The lowest BCUT2D eigenvalue weighted by atomic mass is 9.85. The highest BCUT2D eigenvalue weighted by molar-refractivity contribution is 5.67. The van der Waals surface area contributed by atoms with Crippen LogP contribution in [0.15, 0.2) is 48.7 Å². The zero-order valence-corrected chi connectivity index (χ0v) is 13.2. The van der Waals surface area contributed by atoms with Crippen LogP contribution in [0.2, 0.25) is 0 Å². The van der Waals surface area contributed by atoms with Crippen LogP contribution in [0, 0.1) is 5.95 Å². The van der Waals surface area contributed by atoms with E-state index in [9.17, 15) is 14.3 Å². The lowest BCUT2D eigenvalue weighted by Gasteiger charge is -2.37. The summed E-state index contributed by atoms with van der Waals surface area (Å²) >= 11 is 0. The number of aromatic nitrogens is 1. The van der Waals surface area contributed by atoms with Gasteiger partial charge in [0, 0.05) is 24.8 Å². The van der Waals surface area contributed by atoms with Gasteiger partial charge < -0.3 is 14.7 Å². The first-order valence-corrected chi connectivity index (χ1v) is 7.87. The molecule has 6 heteroatoms. The van der Waals surface area contributed by atoms with Crippen molar-refractivity contribution >= 4 is 6.09 Å². The first-order chi connectivity index (χ1) is 11.6. The van der Waals surface area contributed by atoms with Gasteiger partial charge in [-0.25, -0.2) is 9.78 Å². The molecule has 0 saturated carbocycles. The Hall–Kier alpha value is -2.47. The minimum Gasteiger partial charge on any atom is -0.445 e. The maximum Gasteiger partial charge on any atom is 0.410 e. The van der Waals surface area contributed by atoms with Gasteiger partial charge in [-0.15, -0.1) is 0 Å². The standard InChI is InChI=1S/C18H19FN2O3/c19-16-15(7-4-10-20-16)18(23)8-11-21(12-9-18)17(22)24-13-14-5-2-1-3-6-14/h1-7,10,23H,8-9,11-13H2. The number of nitrogens with zero attached hydrogens (tertiary/aromatic N) is 2. The third-order valence-electron chi connectivity index (χ3n) is 4.31. The third kappa shape index (κ3) is 3.54. The Bertz CT molecular complexity index is 700. The molecule has 24 heavy (non-hydrogen) atoms. The summed E-state index contributed by atoms with van der Waals surface area (Å²) in [6, 6.07) is 12.6. The van der Waals surface area contributed by atoms with Crippen molar-refractivity contribution < 1.29 is 19.0 Å². The Kier molecular flexibility index (Phi) is 4.76. The Labute approximate surface area is 139 Å². The molecule has 1 aliphatic rings. The second kappa shape index (κ2) is 6.97. The van der Waals surface area contributed by atoms with E-state index < -0.39 is 17.6 Å². The van der Waals surface area contributed by atoms with Crippen LogP contribution in [0.3, 0.4) is 0 Å². The van der Waals surface area contributed by atoms with E-state index in [1.807, 2.05) is 30.3 Å². The van der Waals surface area contributed by atoms with Crippen molar-refractivity contribution in [3.05, 3.63) is 65.7 Å². The van der Waals surface area contributed by atoms with Crippen molar-refractivity contribution in [1.29, 1.82) is 0 Å². The highest BCUT2D eigenvalue weighted by Gasteiger charge is 2.38. The van der Waals surface area contributed by atoms with Gasteiger partial charge in [0.1, 0.15) is 6.61 Å². The average molecular weight is 330 g/mol. The molecule has 1 aliphatic heterocycles. The van der Waals surface area contributed by atoms with Crippen LogP contribution >= 0.6 is 0 Å². The van der Waals surface area contributed by atoms with Crippen LogP contribution in [-0.2, 0) is 16.9 Å². The van der Waals surface area contributed by atoms with Crippen LogP contribution in [0.4, 0.5) is 9.18 Å². The summed E-state index contributed by atoms with van der Waals surface area (Å²) in [4.78, 5) is 17.2. The number of carbonyl (C=O) groups is 1. The van der Waals surface area contributed by atoms with E-state index in [1.54, 1.807) is 6.07 Å². The second-order valence-electron chi connectivity index (χ2n) is 5.90. The Morgan fingerprint density at radius 2 is 1.92 bits per heavy atom. The van der Waals surface area contributed by atoms with Gasteiger partial charge in [-0.05, 0) is 24.5 Å². The number of pyridine rings is 1. The number of ether oxygens (including phenoxy) is 1. The number of likely N-dealkylation sites (tertiary alicyclic amines) is 1. The van der Waals surface area contributed by atoms with Crippen molar-refractivity contribution in [2.24, 2.45) is 0 Å². The van der Waals surface area contributed by atoms with E-state index in [-0.39, 0.29) is 25.0 Å². The van der Waals surface area contributed by atoms with Crippen LogP contribution in [-0.4, -0.2) is 34.2 Å². The minimum absolute atomic E-state index is 0.183. The molecule has 1 saturated heterocycles. The highest BCUT2D eigenvalue weighted by Crippen LogP contribution is 2.33. The number of piperidine rings is 1. The fourth-order valence-electron chi connectivity index (χ4n) is 2.87. The summed E-state index contributed by atoms with van der Waals surface area (Å²) in [7, 11) is 0. The normalized spacial score (nSPS) is 16.7. The molecule has 126 valence electrons. The quantitative estimate of drug-likeness (QED) is 0.879. The van der Waals surface area contributed by atoms with E-state index in [0.717, 1.165) is 5.56 Å². The molecule has 1 fully saturated rings. The topological polar surface area (TPSA) is 62.7 Å². The average Bonchev–Trinajstić information content (AvgIpc) is 2.61. The monoisotopic (exact) mass is 330 g/mol. The zero-order valence-electron chi connectivity index (χ0n) is 13.2. The fourth-order valence-corrected chi connectivity index (χ4v) is 2.87. The molecular weight excluding hydrogens is 311 g/mol. The summed E-state index contributed by atoms with van der Waals surface area (Å²) in [5.74, 6) is -0.667. The Morgan fingerprint density at radius 1 is 1.21 bits per heavy atom. The molecule has 0 bridgehead atoms. The van der Waals surface area contributed by atoms with Gasteiger partial charge in [0.05, 0.1) is 5.60 Å². The Morgan fingerprint density at radius 3 is 2.58 bits per heavy atom. The fraction of sp³-hybridized carbons (Fsp3) is 0.333. The van der Waals surface area contributed by atoms with Crippen LogP contribution in [0.1, 0.15) is 24.0 Å². The molecule has 1 aromatic heterocycles. The van der Waals surface area contributed by atoms with Crippen molar-refractivity contribution in [3.8, 4) is 0 Å². The summed E-state index contributed by atoms with van der Waals surface area (Å²) in [5, 5.41) is 10.7.